The van der Waals surface area contributed by atoms with Gasteiger partial charge >= 0.3 is 0 Å². The molecule has 0 radical (unpaired) electrons. The normalized spacial score (nSPS) is 16.4. The first-order chi connectivity index (χ1) is 9.17. The van der Waals surface area contributed by atoms with Crippen LogP contribution >= 0.6 is 0 Å². The predicted molar refractivity (Wildman–Crippen MR) is 79.7 cm³/mol. The molecule has 2 aromatic carbocycles. The fourth-order valence-electron chi connectivity index (χ4n) is 2.92. The Balaban J connectivity index is 2.10. The molecule has 0 saturated heterocycles. The van der Waals surface area contributed by atoms with Crippen LogP contribution in [0.4, 0.5) is 0 Å². The average Bonchev–Trinajstić information content (AvgIpc) is 2.43. The van der Waals surface area contributed by atoms with Crippen molar-refractivity contribution in [3.63, 3.8) is 0 Å². The van der Waals surface area contributed by atoms with Crippen molar-refractivity contribution in [1.29, 1.82) is 0 Å². The number of carbonyl (C=O) groups is 1. The number of hydrogen-bond acceptors (Lipinski definition) is 1. The van der Waals surface area contributed by atoms with Crippen molar-refractivity contribution in [2.45, 2.75) is 45.4 Å². The minimum absolute atomic E-state index is 0.380. The summed E-state index contributed by atoms with van der Waals surface area (Å²) >= 11 is 0. The van der Waals surface area contributed by atoms with Crippen LogP contribution in [0.1, 0.15) is 49.3 Å². The van der Waals surface area contributed by atoms with Crippen LogP contribution in [-0.2, 0) is 17.6 Å². The van der Waals surface area contributed by atoms with Crippen molar-refractivity contribution in [2.75, 3.05) is 0 Å². The lowest BCUT2D eigenvalue weighted by atomic mass is 9.87. The van der Waals surface area contributed by atoms with Crippen LogP contribution in [-0.4, -0.2) is 5.78 Å². The van der Waals surface area contributed by atoms with Crippen LogP contribution in [0.15, 0.2) is 30.3 Å². The van der Waals surface area contributed by atoms with Crippen LogP contribution in [0.3, 0.4) is 0 Å². The summed E-state index contributed by atoms with van der Waals surface area (Å²) in [5.41, 5.74) is 4.01. The van der Waals surface area contributed by atoms with Crippen LogP contribution in [0.5, 0.6) is 0 Å². The van der Waals surface area contributed by atoms with E-state index in [1.165, 1.54) is 27.5 Å². The van der Waals surface area contributed by atoms with Crippen molar-refractivity contribution >= 4 is 16.6 Å². The fourth-order valence-corrected chi connectivity index (χ4v) is 2.92. The zero-order chi connectivity index (χ0) is 13.4. The second-order valence-electron chi connectivity index (χ2n) is 5.75. The quantitative estimate of drug-likeness (QED) is 0.773. The summed E-state index contributed by atoms with van der Waals surface area (Å²) in [5, 5.41) is 2.59. The largest absolute Gasteiger partial charge is 0.299 e. The van der Waals surface area contributed by atoms with E-state index in [0.29, 0.717) is 24.5 Å². The Kier molecular flexibility index (Phi) is 3.14. The Hall–Kier alpha value is -1.63. The summed E-state index contributed by atoms with van der Waals surface area (Å²) in [6.07, 6.45) is 3.41. The molecule has 98 valence electrons. The van der Waals surface area contributed by atoms with Crippen molar-refractivity contribution in [2.24, 2.45) is 0 Å². The number of aryl methyl sites for hydroxylation is 1. The van der Waals surface area contributed by atoms with Gasteiger partial charge in [0.05, 0.1) is 0 Å². The lowest BCUT2D eigenvalue weighted by molar-refractivity contribution is -0.118. The molecular weight excluding hydrogens is 232 g/mol. The van der Waals surface area contributed by atoms with E-state index in [4.69, 9.17) is 0 Å². The van der Waals surface area contributed by atoms with Gasteiger partial charge < -0.3 is 0 Å². The van der Waals surface area contributed by atoms with Gasteiger partial charge in [-0.25, -0.2) is 0 Å². The van der Waals surface area contributed by atoms with E-state index in [2.05, 4.69) is 44.2 Å². The third-order valence-electron chi connectivity index (χ3n) is 4.42. The Morgan fingerprint density at radius 1 is 1.05 bits per heavy atom. The number of Topliss-reactive ketones (excluding diaryl/α,β-unsaturated/α-hetero) is 1. The first-order valence-corrected chi connectivity index (χ1v) is 7.24. The van der Waals surface area contributed by atoms with Crippen LogP contribution < -0.4 is 0 Å². The highest BCUT2D eigenvalue weighted by atomic mass is 16.1. The molecule has 2 aromatic rings. The topological polar surface area (TPSA) is 17.1 Å². The highest BCUT2D eigenvalue weighted by Crippen LogP contribution is 2.28. The molecule has 1 unspecified atom stereocenters. The second-order valence-corrected chi connectivity index (χ2v) is 5.75. The Bertz CT molecular complexity index is 639. The van der Waals surface area contributed by atoms with Crippen LogP contribution in [0.25, 0.3) is 10.8 Å². The van der Waals surface area contributed by atoms with Gasteiger partial charge in [-0.1, -0.05) is 44.2 Å². The van der Waals surface area contributed by atoms with Gasteiger partial charge in [-0.05, 0) is 46.2 Å². The Labute approximate surface area is 114 Å². The van der Waals surface area contributed by atoms with E-state index >= 15 is 0 Å². The van der Waals surface area contributed by atoms with Gasteiger partial charge in [-0.3, -0.25) is 4.79 Å². The molecule has 0 amide bonds. The molecule has 0 N–H and O–H groups in total. The maximum absolute atomic E-state index is 11.6. The monoisotopic (exact) mass is 252 g/mol. The third-order valence-corrected chi connectivity index (χ3v) is 4.42. The number of carbonyl (C=O) groups excluding carboxylic acids is 1. The molecule has 1 atom stereocenters. The molecule has 1 heteroatoms. The molecule has 1 aliphatic rings. The van der Waals surface area contributed by atoms with E-state index in [0.717, 1.165) is 12.8 Å². The smallest absolute Gasteiger partial charge is 0.137 e. The van der Waals surface area contributed by atoms with Crippen LogP contribution in [0, 0.1) is 0 Å². The summed E-state index contributed by atoms with van der Waals surface area (Å²) in [6, 6.07) is 11.3. The van der Waals surface area contributed by atoms with E-state index < -0.39 is 0 Å². The van der Waals surface area contributed by atoms with Gasteiger partial charge in [0, 0.05) is 12.8 Å². The third kappa shape index (κ3) is 2.30. The summed E-state index contributed by atoms with van der Waals surface area (Å²) in [5.74, 6) is 0.979. The molecule has 0 heterocycles. The molecule has 0 bridgehead atoms. The van der Waals surface area contributed by atoms with Crippen molar-refractivity contribution in [3.05, 3.63) is 47.0 Å². The van der Waals surface area contributed by atoms with Gasteiger partial charge in [0.25, 0.3) is 0 Å². The van der Waals surface area contributed by atoms with Gasteiger partial charge in [-0.15, -0.1) is 0 Å². The highest BCUT2D eigenvalue weighted by molar-refractivity contribution is 5.89. The molecule has 0 saturated carbocycles. The van der Waals surface area contributed by atoms with Crippen molar-refractivity contribution in [1.82, 2.24) is 0 Å². The zero-order valence-electron chi connectivity index (χ0n) is 11.7. The first kappa shape index (κ1) is 12.4. The molecular formula is C18H20O. The van der Waals surface area contributed by atoms with Gasteiger partial charge in [0.15, 0.2) is 0 Å². The average molecular weight is 252 g/mol. The number of hydrogen-bond donors (Lipinski definition) is 0. The van der Waals surface area contributed by atoms with Gasteiger partial charge in [-0.2, -0.15) is 0 Å². The molecule has 0 aromatic heterocycles. The van der Waals surface area contributed by atoms with E-state index in [-0.39, 0.29) is 0 Å². The standard InChI is InChI=1S/C18H20O/c1-3-12(2)13-4-5-14-9-15-6-7-18(19)11-17(15)10-16(14)8-13/h4-5,8-10,12H,3,6-7,11H2,1-2H3. The molecule has 0 fully saturated rings. The summed E-state index contributed by atoms with van der Waals surface area (Å²) in [7, 11) is 0. The SMILES string of the molecule is CCC(C)c1ccc2cc3c(cc2c1)CC(=O)CC3. The zero-order valence-corrected chi connectivity index (χ0v) is 11.7. The number of ketones is 1. The van der Waals surface area contributed by atoms with E-state index in [1.54, 1.807) is 0 Å². The molecule has 0 aliphatic heterocycles. The van der Waals surface area contributed by atoms with Gasteiger partial charge in [0.2, 0.25) is 0 Å². The maximum Gasteiger partial charge on any atom is 0.137 e. The van der Waals surface area contributed by atoms with E-state index in [9.17, 15) is 4.79 Å². The number of fused-ring (bicyclic) bond motifs is 2. The second kappa shape index (κ2) is 4.80. The van der Waals surface area contributed by atoms with Gasteiger partial charge in [0.1, 0.15) is 5.78 Å². The Morgan fingerprint density at radius 3 is 2.63 bits per heavy atom. The summed E-state index contributed by atoms with van der Waals surface area (Å²) < 4.78 is 0. The summed E-state index contributed by atoms with van der Waals surface area (Å²) in [4.78, 5) is 11.6. The number of rotatable bonds is 2. The fraction of sp³-hybridized carbons (Fsp3) is 0.389. The lowest BCUT2D eigenvalue weighted by Gasteiger charge is -2.17. The number of benzene rings is 2. The first-order valence-electron chi connectivity index (χ1n) is 7.24. The molecule has 1 nitrogen and oxygen atoms in total. The molecule has 19 heavy (non-hydrogen) atoms. The lowest BCUT2D eigenvalue weighted by Crippen LogP contribution is -2.13. The van der Waals surface area contributed by atoms with Crippen molar-refractivity contribution in [3.8, 4) is 0 Å². The van der Waals surface area contributed by atoms with Crippen LogP contribution in [0.2, 0.25) is 0 Å². The highest BCUT2D eigenvalue weighted by Gasteiger charge is 2.16. The van der Waals surface area contributed by atoms with Crippen molar-refractivity contribution < 1.29 is 4.79 Å². The predicted octanol–water partition coefficient (Wildman–Crippen LogP) is 4.41. The molecule has 1 aliphatic carbocycles. The van der Waals surface area contributed by atoms with E-state index in [1.807, 2.05) is 0 Å². The molecule has 0 spiro atoms. The minimum atomic E-state index is 0.380. The molecule has 3 rings (SSSR count). The minimum Gasteiger partial charge on any atom is -0.299 e. The maximum atomic E-state index is 11.6. The Morgan fingerprint density at radius 2 is 1.84 bits per heavy atom. The summed E-state index contributed by atoms with van der Waals surface area (Å²) in [6.45, 7) is 4.49.